The fourth-order valence-corrected chi connectivity index (χ4v) is 5.56. The molecule has 0 aliphatic heterocycles. The number of ether oxygens (including phenoxy) is 3. The summed E-state index contributed by atoms with van der Waals surface area (Å²) in [5.74, 6) is -0.554. The number of esters is 1. The Hall–Kier alpha value is -0.0700. The highest BCUT2D eigenvalue weighted by Crippen LogP contribution is 2.30. The molecule has 0 saturated heterocycles. The van der Waals surface area contributed by atoms with E-state index in [2.05, 4.69) is 31.2 Å². The predicted octanol–water partition coefficient (Wildman–Crippen LogP) is 8.65. The van der Waals surface area contributed by atoms with Crippen LogP contribution in [0.4, 0.5) is 0 Å². The van der Waals surface area contributed by atoms with Gasteiger partial charge in [0.1, 0.15) is 13.9 Å². The maximum absolute atomic E-state index is 11.8. The molecule has 0 amide bonds. The number of carbonyl (C=O) groups excluding carboxylic acids is 1. The van der Waals surface area contributed by atoms with Crippen LogP contribution in [-0.4, -0.2) is 35.4 Å². The summed E-state index contributed by atoms with van der Waals surface area (Å²) in [5.41, 5.74) is -2.85. The van der Waals surface area contributed by atoms with E-state index < -0.39 is 26.2 Å². The summed E-state index contributed by atoms with van der Waals surface area (Å²) in [6, 6.07) is 0. The van der Waals surface area contributed by atoms with Crippen molar-refractivity contribution in [2.45, 2.75) is 166 Å². The second-order valence-corrected chi connectivity index (χ2v) is 12.1. The van der Waals surface area contributed by atoms with E-state index in [-0.39, 0.29) is 5.44 Å². The molecule has 0 aliphatic carbocycles. The average Bonchev–Trinajstić information content (AvgIpc) is 2.90. The first kappa shape index (κ1) is 36.9. The number of aliphatic hydroxyl groups is 1. The maximum atomic E-state index is 11.8. The van der Waals surface area contributed by atoms with Crippen molar-refractivity contribution in [2.75, 3.05) is 7.11 Å². The van der Waals surface area contributed by atoms with E-state index in [1.54, 1.807) is 0 Å². The first-order valence-corrected chi connectivity index (χ1v) is 16.7. The second-order valence-electron chi connectivity index (χ2n) is 10.5. The summed E-state index contributed by atoms with van der Waals surface area (Å²) in [7, 11) is -0.829. The van der Waals surface area contributed by atoms with Crippen molar-refractivity contribution >= 4 is 27.1 Å². The zero-order valence-electron chi connectivity index (χ0n) is 24.4. The van der Waals surface area contributed by atoms with Crippen LogP contribution in [0.1, 0.15) is 149 Å². The van der Waals surface area contributed by atoms with Crippen LogP contribution < -0.4 is 0 Å². The third kappa shape index (κ3) is 19.6. The summed E-state index contributed by atoms with van der Waals surface area (Å²) in [4.78, 5) is 11.8. The molecule has 8 heteroatoms. The molecule has 222 valence electrons. The van der Waals surface area contributed by atoms with Crippen LogP contribution >= 0.6 is 21.1 Å². The molecule has 37 heavy (non-hydrogen) atoms. The third-order valence-electron chi connectivity index (χ3n) is 7.06. The summed E-state index contributed by atoms with van der Waals surface area (Å²) in [5, 5.41) is 10.3. The lowest BCUT2D eigenvalue weighted by atomic mass is 9.91. The van der Waals surface area contributed by atoms with Gasteiger partial charge >= 0.3 is 11.5 Å². The molecule has 5 atom stereocenters. The minimum absolute atomic E-state index is 0.385. The normalized spacial score (nSPS) is 16.1. The quantitative estimate of drug-likeness (QED) is 0.0340. The van der Waals surface area contributed by atoms with Gasteiger partial charge in [0, 0.05) is 0 Å². The Bertz CT molecular complexity index is 552. The summed E-state index contributed by atoms with van der Waals surface area (Å²) >= 11 is 4.66. The number of carbonyl (C=O) groups is 1. The smallest absolute Gasteiger partial charge is 0.374 e. The molecule has 0 aromatic heterocycles. The van der Waals surface area contributed by atoms with E-state index in [1.807, 2.05) is 6.92 Å². The fraction of sp³-hybridized carbons (Fsp3) is 0.966. The Balaban J connectivity index is 4.53. The first-order valence-electron chi connectivity index (χ1n) is 15.1. The van der Waals surface area contributed by atoms with Crippen LogP contribution in [0.25, 0.3) is 0 Å². The molecular weight excluding hydrogens is 507 g/mol. The minimum atomic E-state index is -2.46. The molecule has 0 saturated carbocycles. The minimum Gasteiger partial charge on any atom is -0.465 e. The van der Waals surface area contributed by atoms with Gasteiger partial charge in [0.2, 0.25) is 0 Å². The maximum Gasteiger partial charge on any atom is 0.374 e. The monoisotopic (exact) mass is 566 g/mol. The van der Waals surface area contributed by atoms with Crippen LogP contribution in [0.5, 0.6) is 0 Å². The van der Waals surface area contributed by atoms with Crippen LogP contribution in [0.2, 0.25) is 0 Å². The number of hydrogen-bond acceptors (Lipinski definition) is 7. The number of thiol groups is 1. The average molecular weight is 567 g/mol. The van der Waals surface area contributed by atoms with Crippen LogP contribution in [0.3, 0.4) is 0 Å². The summed E-state index contributed by atoms with van der Waals surface area (Å²) in [6.45, 7) is 6.32. The Morgan fingerprint density at radius 1 is 0.811 bits per heavy atom. The Morgan fingerprint density at radius 2 is 1.24 bits per heavy atom. The largest absolute Gasteiger partial charge is 0.465 e. The van der Waals surface area contributed by atoms with E-state index in [0.29, 0.717) is 12.3 Å². The zero-order valence-corrected chi connectivity index (χ0v) is 26.4. The molecule has 0 aromatic carbocycles. The van der Waals surface area contributed by atoms with Gasteiger partial charge < -0.3 is 23.9 Å². The molecule has 0 radical (unpaired) electrons. The molecule has 0 aliphatic rings. The van der Waals surface area contributed by atoms with Gasteiger partial charge in [0.05, 0.1) is 7.11 Å². The Morgan fingerprint density at radius 3 is 1.62 bits per heavy atom. The van der Waals surface area contributed by atoms with Crippen LogP contribution in [0.15, 0.2) is 0 Å². The summed E-state index contributed by atoms with van der Waals surface area (Å²) in [6.07, 6.45) is 23.7. The van der Waals surface area contributed by atoms with Crippen molar-refractivity contribution in [3.8, 4) is 0 Å². The van der Waals surface area contributed by atoms with Crippen molar-refractivity contribution in [3.05, 3.63) is 0 Å². The van der Waals surface area contributed by atoms with E-state index in [9.17, 15) is 14.5 Å². The topological polar surface area (TPSA) is 82.1 Å². The van der Waals surface area contributed by atoms with E-state index in [1.165, 1.54) is 109 Å². The molecule has 5 unspecified atom stereocenters. The van der Waals surface area contributed by atoms with Gasteiger partial charge in [-0.3, -0.25) is 0 Å². The SMILES string of the molecule is CCCCCCCCCCCCCC(CCCCCCC)CC(S)OC(CC)OC(O)([PH2]=O)C(=O)OC. The number of rotatable bonds is 27. The van der Waals surface area contributed by atoms with E-state index >= 15 is 0 Å². The van der Waals surface area contributed by atoms with Crippen molar-refractivity contribution in [3.63, 3.8) is 0 Å². The Labute approximate surface area is 235 Å². The molecule has 0 heterocycles. The predicted molar refractivity (Wildman–Crippen MR) is 159 cm³/mol. The molecule has 0 aromatic rings. The van der Waals surface area contributed by atoms with Gasteiger partial charge in [0.25, 0.3) is 0 Å². The first-order chi connectivity index (χ1) is 17.9. The standard InChI is InChI=1S/C29H59O6PS/c1-5-8-10-12-13-14-15-16-17-19-21-23-25(22-20-18-11-9-6-2)24-27(37)34-26(7-3)35-29(31,36-32)28(30)33-4/h25-27,31,37H,5-24,36H2,1-4H3. The van der Waals surface area contributed by atoms with Crippen molar-refractivity contribution in [1.29, 1.82) is 0 Å². The number of hydrogen-bond donors (Lipinski definition) is 2. The van der Waals surface area contributed by atoms with Crippen molar-refractivity contribution in [1.82, 2.24) is 0 Å². The van der Waals surface area contributed by atoms with Crippen LogP contribution in [0, 0.1) is 5.92 Å². The zero-order chi connectivity index (χ0) is 27.8. The molecule has 0 spiro atoms. The third-order valence-corrected chi connectivity index (χ3v) is 8.08. The van der Waals surface area contributed by atoms with Crippen molar-refractivity contribution in [2.24, 2.45) is 5.92 Å². The number of unbranched alkanes of at least 4 members (excludes halogenated alkanes) is 14. The van der Waals surface area contributed by atoms with Gasteiger partial charge in [-0.05, 0) is 18.8 Å². The lowest BCUT2D eigenvalue weighted by molar-refractivity contribution is -0.257. The lowest BCUT2D eigenvalue weighted by Gasteiger charge is -2.29. The molecule has 6 nitrogen and oxygen atoms in total. The van der Waals surface area contributed by atoms with Gasteiger partial charge in [-0.1, -0.05) is 136 Å². The van der Waals surface area contributed by atoms with Gasteiger partial charge in [0.15, 0.2) is 6.29 Å². The highest BCUT2D eigenvalue weighted by Gasteiger charge is 2.40. The van der Waals surface area contributed by atoms with Gasteiger partial charge in [-0.15, -0.1) is 12.6 Å². The second kappa shape index (κ2) is 24.9. The molecule has 0 rings (SSSR count). The Kier molecular flexibility index (Phi) is 24.9. The van der Waals surface area contributed by atoms with E-state index in [0.717, 1.165) is 20.0 Å². The fourth-order valence-electron chi connectivity index (χ4n) is 4.71. The molecule has 1 N–H and O–H groups in total. The highest BCUT2D eigenvalue weighted by atomic mass is 32.1. The van der Waals surface area contributed by atoms with Gasteiger partial charge in [-0.25, -0.2) is 4.79 Å². The van der Waals surface area contributed by atoms with Gasteiger partial charge in [-0.2, -0.15) is 0 Å². The number of methoxy groups -OCH3 is 1. The van der Waals surface area contributed by atoms with E-state index in [4.69, 9.17) is 9.47 Å². The van der Waals surface area contributed by atoms with Crippen LogP contribution in [-0.2, 0) is 23.6 Å². The highest BCUT2D eigenvalue weighted by molar-refractivity contribution is 7.80. The lowest BCUT2D eigenvalue weighted by Crippen LogP contribution is -2.41. The molecule has 0 fully saturated rings. The molecular formula is C29H59O6PS. The summed E-state index contributed by atoms with van der Waals surface area (Å²) < 4.78 is 27.3. The van der Waals surface area contributed by atoms with Crippen molar-refractivity contribution < 1.29 is 28.7 Å². The molecule has 0 bridgehead atoms.